The van der Waals surface area contributed by atoms with E-state index in [0.717, 1.165) is 29.0 Å². The lowest BCUT2D eigenvalue weighted by Crippen LogP contribution is -2.49. The third-order valence-electron chi connectivity index (χ3n) is 4.84. The van der Waals surface area contributed by atoms with E-state index in [0.29, 0.717) is 6.07 Å². The number of hydrogen-bond donors (Lipinski definition) is 0. The SMILES string of the molecule is COC(=O)C1=C(C)N(c2cccc([N+](=O)[O-])c2)C(=O)N(C)[C@@H]1c1ccc(F)cc1F. The molecule has 0 saturated heterocycles. The Morgan fingerprint density at radius 2 is 1.90 bits per heavy atom. The van der Waals surface area contributed by atoms with Crippen LogP contribution in [0.25, 0.3) is 0 Å². The van der Waals surface area contributed by atoms with Crippen molar-refractivity contribution in [1.82, 2.24) is 4.90 Å². The Bertz CT molecular complexity index is 1090. The molecule has 0 saturated carbocycles. The van der Waals surface area contributed by atoms with Gasteiger partial charge < -0.3 is 9.64 Å². The number of rotatable bonds is 4. The van der Waals surface area contributed by atoms with E-state index in [1.54, 1.807) is 0 Å². The minimum atomic E-state index is -1.18. The van der Waals surface area contributed by atoms with Crippen molar-refractivity contribution >= 4 is 23.4 Å². The molecule has 156 valence electrons. The summed E-state index contributed by atoms with van der Waals surface area (Å²) in [5.74, 6) is -2.56. The van der Waals surface area contributed by atoms with Crippen LogP contribution in [0.5, 0.6) is 0 Å². The van der Waals surface area contributed by atoms with Gasteiger partial charge in [-0.3, -0.25) is 15.0 Å². The Hall–Kier alpha value is -3.82. The van der Waals surface area contributed by atoms with Gasteiger partial charge >= 0.3 is 12.0 Å². The molecule has 2 aromatic carbocycles. The van der Waals surface area contributed by atoms with Crippen LogP contribution in [0.3, 0.4) is 0 Å². The van der Waals surface area contributed by atoms with Crippen molar-refractivity contribution in [2.45, 2.75) is 13.0 Å². The van der Waals surface area contributed by atoms with E-state index in [1.165, 1.54) is 38.2 Å². The lowest BCUT2D eigenvalue weighted by Gasteiger charge is -2.40. The average molecular weight is 417 g/mol. The zero-order chi connectivity index (χ0) is 22.2. The van der Waals surface area contributed by atoms with Crippen LogP contribution in [0.4, 0.5) is 25.0 Å². The minimum absolute atomic E-state index is 0.0587. The quantitative estimate of drug-likeness (QED) is 0.427. The van der Waals surface area contributed by atoms with Crippen molar-refractivity contribution in [3.63, 3.8) is 0 Å². The van der Waals surface area contributed by atoms with E-state index in [1.807, 2.05) is 0 Å². The first-order valence-electron chi connectivity index (χ1n) is 8.72. The molecule has 10 heteroatoms. The second kappa shape index (κ2) is 7.90. The van der Waals surface area contributed by atoms with Gasteiger partial charge in [0.15, 0.2) is 0 Å². The highest BCUT2D eigenvalue weighted by Gasteiger charge is 2.42. The monoisotopic (exact) mass is 417 g/mol. The standard InChI is InChI=1S/C20H17F2N3O5/c1-11-17(19(26)30-3)18(15-8-7-12(21)9-16(15)22)23(2)20(27)24(11)13-5-4-6-14(10-13)25(28)29/h4-10,18H,1-3H3/t18-/m1/s1. The maximum Gasteiger partial charge on any atom is 0.338 e. The third kappa shape index (κ3) is 3.47. The van der Waals surface area contributed by atoms with Gasteiger partial charge in [-0.15, -0.1) is 0 Å². The van der Waals surface area contributed by atoms with Crippen molar-refractivity contribution < 1.29 is 28.0 Å². The summed E-state index contributed by atoms with van der Waals surface area (Å²) in [6, 6.07) is 6.31. The number of esters is 1. The van der Waals surface area contributed by atoms with E-state index in [4.69, 9.17) is 4.74 Å². The first kappa shape index (κ1) is 20.9. The van der Waals surface area contributed by atoms with Gasteiger partial charge in [0.25, 0.3) is 5.69 Å². The van der Waals surface area contributed by atoms with Crippen LogP contribution in [0.15, 0.2) is 53.7 Å². The van der Waals surface area contributed by atoms with Gasteiger partial charge in [-0.25, -0.2) is 18.4 Å². The lowest BCUT2D eigenvalue weighted by atomic mass is 9.93. The van der Waals surface area contributed by atoms with Gasteiger partial charge in [-0.2, -0.15) is 0 Å². The van der Waals surface area contributed by atoms with E-state index in [2.05, 4.69) is 0 Å². The van der Waals surface area contributed by atoms with Crippen LogP contribution < -0.4 is 4.90 Å². The first-order valence-corrected chi connectivity index (χ1v) is 8.72. The number of benzene rings is 2. The highest BCUT2D eigenvalue weighted by Crippen LogP contribution is 2.40. The summed E-state index contributed by atoms with van der Waals surface area (Å²) in [4.78, 5) is 38.4. The molecule has 0 unspecified atom stereocenters. The molecule has 1 heterocycles. The number of nitro benzene ring substituents is 1. The molecule has 2 aromatic rings. The molecule has 1 aliphatic rings. The van der Waals surface area contributed by atoms with Gasteiger partial charge in [0.2, 0.25) is 0 Å². The number of urea groups is 1. The predicted molar refractivity (Wildman–Crippen MR) is 103 cm³/mol. The van der Waals surface area contributed by atoms with E-state index in [9.17, 15) is 28.5 Å². The highest BCUT2D eigenvalue weighted by atomic mass is 19.1. The Labute approximate surface area is 170 Å². The summed E-state index contributed by atoms with van der Waals surface area (Å²) in [7, 11) is 2.48. The van der Waals surface area contributed by atoms with Crippen molar-refractivity contribution in [3.05, 3.63) is 81.0 Å². The highest BCUT2D eigenvalue weighted by molar-refractivity contribution is 6.03. The number of anilines is 1. The summed E-state index contributed by atoms with van der Waals surface area (Å²) >= 11 is 0. The largest absolute Gasteiger partial charge is 0.466 e. The fourth-order valence-corrected chi connectivity index (χ4v) is 3.43. The minimum Gasteiger partial charge on any atom is -0.466 e. The van der Waals surface area contributed by atoms with Gasteiger partial charge in [0, 0.05) is 36.5 Å². The molecule has 3 rings (SSSR count). The number of nitrogens with zero attached hydrogens (tertiary/aromatic N) is 3. The lowest BCUT2D eigenvalue weighted by molar-refractivity contribution is -0.384. The molecular weight excluding hydrogens is 400 g/mol. The van der Waals surface area contributed by atoms with Crippen LogP contribution in [-0.2, 0) is 9.53 Å². The van der Waals surface area contributed by atoms with Crippen molar-refractivity contribution in [2.24, 2.45) is 0 Å². The van der Waals surface area contributed by atoms with Gasteiger partial charge in [0.05, 0.1) is 29.3 Å². The van der Waals surface area contributed by atoms with E-state index in [-0.39, 0.29) is 28.2 Å². The van der Waals surface area contributed by atoms with Crippen molar-refractivity contribution in [2.75, 3.05) is 19.1 Å². The molecule has 30 heavy (non-hydrogen) atoms. The molecule has 0 spiro atoms. The number of nitro groups is 1. The fourth-order valence-electron chi connectivity index (χ4n) is 3.43. The number of carbonyl (C=O) groups is 2. The van der Waals surface area contributed by atoms with Crippen molar-refractivity contribution in [1.29, 1.82) is 0 Å². The maximum absolute atomic E-state index is 14.5. The molecule has 0 aliphatic carbocycles. The number of likely N-dealkylation sites (N-methyl/N-ethyl adjacent to an activating group) is 1. The van der Waals surface area contributed by atoms with E-state index < -0.39 is 34.6 Å². The predicted octanol–water partition coefficient (Wildman–Crippen LogP) is 3.93. The Balaban J connectivity index is 2.24. The van der Waals surface area contributed by atoms with Crippen molar-refractivity contribution in [3.8, 4) is 0 Å². The first-order chi connectivity index (χ1) is 14.2. The molecule has 0 radical (unpaired) electrons. The van der Waals surface area contributed by atoms with Crippen LogP contribution >= 0.6 is 0 Å². The smallest absolute Gasteiger partial charge is 0.338 e. The Kier molecular flexibility index (Phi) is 5.50. The average Bonchev–Trinajstić information content (AvgIpc) is 2.71. The number of carbonyl (C=O) groups excluding carboxylic acids is 2. The zero-order valence-electron chi connectivity index (χ0n) is 16.3. The molecule has 0 aromatic heterocycles. The van der Waals surface area contributed by atoms with Gasteiger partial charge in [-0.1, -0.05) is 12.1 Å². The molecule has 0 bridgehead atoms. The van der Waals surface area contributed by atoms with Gasteiger partial charge in [-0.05, 0) is 19.1 Å². The third-order valence-corrected chi connectivity index (χ3v) is 4.84. The number of amides is 2. The number of non-ortho nitro benzene ring substituents is 1. The molecular formula is C20H17F2N3O5. The van der Waals surface area contributed by atoms with Gasteiger partial charge in [0.1, 0.15) is 11.6 Å². The van der Waals surface area contributed by atoms with Crippen LogP contribution in [0.1, 0.15) is 18.5 Å². The number of ether oxygens (including phenoxy) is 1. The number of hydrogen-bond acceptors (Lipinski definition) is 5. The topological polar surface area (TPSA) is 93.0 Å². The Morgan fingerprint density at radius 1 is 1.20 bits per heavy atom. The van der Waals surface area contributed by atoms with Crippen LogP contribution in [-0.4, -0.2) is 36.0 Å². The second-order valence-electron chi connectivity index (χ2n) is 6.56. The molecule has 8 nitrogen and oxygen atoms in total. The second-order valence-corrected chi connectivity index (χ2v) is 6.56. The molecule has 0 fully saturated rings. The Morgan fingerprint density at radius 3 is 2.50 bits per heavy atom. The molecule has 1 atom stereocenters. The van der Waals surface area contributed by atoms with Crippen LogP contribution in [0, 0.1) is 21.7 Å². The summed E-state index contributed by atoms with van der Waals surface area (Å²) in [5, 5.41) is 11.1. The summed E-state index contributed by atoms with van der Waals surface area (Å²) < 4.78 is 32.7. The molecule has 2 amide bonds. The zero-order valence-corrected chi connectivity index (χ0v) is 16.3. The number of methoxy groups -OCH3 is 1. The summed E-state index contributed by atoms with van der Waals surface area (Å²) in [6.45, 7) is 1.45. The summed E-state index contributed by atoms with van der Waals surface area (Å²) in [6.07, 6.45) is 0. The summed E-state index contributed by atoms with van der Waals surface area (Å²) in [5.41, 5.74) is -0.137. The van der Waals surface area contributed by atoms with E-state index >= 15 is 0 Å². The maximum atomic E-state index is 14.5. The van der Waals surface area contributed by atoms with Crippen LogP contribution in [0.2, 0.25) is 0 Å². The number of halogens is 2. The fraction of sp³-hybridized carbons (Fsp3) is 0.200. The normalized spacial score (nSPS) is 16.7. The molecule has 0 N–H and O–H groups in total. The molecule has 1 aliphatic heterocycles. The number of allylic oxidation sites excluding steroid dienone is 1.